The summed E-state index contributed by atoms with van der Waals surface area (Å²) in [6.45, 7) is 0. The lowest BCUT2D eigenvalue weighted by atomic mass is 9.69. The Morgan fingerprint density at radius 1 is 0.167 bits per heavy atom. The minimum absolute atomic E-state index is 0.511. The van der Waals surface area contributed by atoms with Crippen molar-refractivity contribution in [3.8, 4) is 135 Å². The summed E-state index contributed by atoms with van der Waals surface area (Å²) in [5, 5.41) is 9.78. The van der Waals surface area contributed by atoms with Crippen LogP contribution in [0.1, 0.15) is 44.5 Å². The molecule has 0 radical (unpaired) electrons. The van der Waals surface area contributed by atoms with E-state index in [1.807, 2.05) is 24.3 Å². The Balaban J connectivity index is 0.626. The summed E-state index contributed by atoms with van der Waals surface area (Å²) in [7, 11) is 0. The first kappa shape index (κ1) is 60.4. The van der Waals surface area contributed by atoms with Crippen molar-refractivity contribution in [1.82, 2.24) is 19.9 Å². The van der Waals surface area contributed by atoms with E-state index in [1.165, 1.54) is 127 Å². The van der Waals surface area contributed by atoms with Crippen LogP contribution in [0.25, 0.3) is 178 Å². The number of nitrogens with zero attached hydrogens (tertiary/aromatic N) is 4. The van der Waals surface area contributed by atoms with E-state index in [1.54, 1.807) is 0 Å². The summed E-state index contributed by atoms with van der Waals surface area (Å²) < 4.78 is 0. The predicted octanol–water partition coefficient (Wildman–Crippen LogP) is 25.9. The Kier molecular flexibility index (Phi) is 13.0. The highest BCUT2D eigenvalue weighted by molar-refractivity contribution is 6.14. The van der Waals surface area contributed by atoms with E-state index < -0.39 is 10.8 Å². The SMILES string of the molecule is c1ccc(-c2cc(-c3ccc(-c4ccc5c6c(ccc5c4)-c4c(ccc5cc(-c7cccc(-c8cc(-c9ccccc9)nc(-c9ccc%10c%11c(ccc%10c9)-c9c(ccc%10ccccc9%10)C%119c%10ccccc%10-c%10ccccc%109)n8)c7)ccc45)C64c5ccccc5-c5ccccc54)cc3)nc(-c3ccccc3)n2)cc1. The number of fused-ring (bicyclic) bond motifs is 28. The predicted molar refractivity (Wildman–Crippen MR) is 444 cm³/mol. The highest BCUT2D eigenvalue weighted by Crippen LogP contribution is 2.67. The highest BCUT2D eigenvalue weighted by atomic mass is 14.9. The lowest BCUT2D eigenvalue weighted by Gasteiger charge is -2.31. The molecular formula is C104H62N4. The fourth-order valence-electron chi connectivity index (χ4n) is 19.3. The summed E-state index contributed by atoms with van der Waals surface area (Å²) in [6.07, 6.45) is 0. The van der Waals surface area contributed by atoms with Crippen LogP contribution < -0.4 is 0 Å². The van der Waals surface area contributed by atoms with Gasteiger partial charge in [-0.1, -0.05) is 340 Å². The lowest BCUT2D eigenvalue weighted by molar-refractivity contribution is 0.802. The van der Waals surface area contributed by atoms with Crippen LogP contribution in [-0.2, 0) is 10.8 Å². The Morgan fingerprint density at radius 3 is 1.03 bits per heavy atom. The van der Waals surface area contributed by atoms with E-state index >= 15 is 0 Å². The number of benzene rings is 17. The Labute approximate surface area is 625 Å². The Hall–Kier alpha value is -14.1. The maximum absolute atomic E-state index is 5.55. The van der Waals surface area contributed by atoms with E-state index in [0.29, 0.717) is 11.6 Å². The molecule has 0 N–H and O–H groups in total. The molecule has 4 aliphatic carbocycles. The van der Waals surface area contributed by atoms with Crippen LogP contribution in [0.2, 0.25) is 0 Å². The van der Waals surface area contributed by atoms with Gasteiger partial charge in [-0.05, 0) is 191 Å². The molecule has 0 saturated carbocycles. The minimum atomic E-state index is -0.557. The third-order valence-corrected chi connectivity index (χ3v) is 23.9. The molecule has 0 fully saturated rings. The van der Waals surface area contributed by atoms with Gasteiger partial charge in [-0.2, -0.15) is 0 Å². The topological polar surface area (TPSA) is 51.6 Å². The van der Waals surface area contributed by atoms with Crippen LogP contribution in [0, 0.1) is 0 Å². The van der Waals surface area contributed by atoms with Gasteiger partial charge in [0.2, 0.25) is 0 Å². The third kappa shape index (κ3) is 8.68. The minimum Gasteiger partial charge on any atom is -0.228 e. The highest BCUT2D eigenvalue weighted by Gasteiger charge is 2.54. The summed E-state index contributed by atoms with van der Waals surface area (Å²) in [5.41, 5.74) is 34.1. The van der Waals surface area contributed by atoms with Gasteiger partial charge in [0, 0.05) is 33.4 Å². The molecule has 2 spiro atoms. The molecule has 0 aliphatic heterocycles. The van der Waals surface area contributed by atoms with Gasteiger partial charge in [-0.25, -0.2) is 19.9 Å². The first-order valence-corrected chi connectivity index (χ1v) is 37.3. The van der Waals surface area contributed by atoms with Crippen molar-refractivity contribution < 1.29 is 0 Å². The molecule has 19 aromatic rings. The van der Waals surface area contributed by atoms with Crippen molar-refractivity contribution in [2.75, 3.05) is 0 Å². The van der Waals surface area contributed by atoms with Crippen molar-refractivity contribution in [2.24, 2.45) is 0 Å². The zero-order valence-electron chi connectivity index (χ0n) is 58.6. The number of hydrogen-bond acceptors (Lipinski definition) is 4. The van der Waals surface area contributed by atoms with Crippen LogP contribution in [-0.4, -0.2) is 19.9 Å². The number of hydrogen-bond donors (Lipinski definition) is 0. The largest absolute Gasteiger partial charge is 0.228 e. The first-order chi connectivity index (χ1) is 53.5. The Bertz CT molecular complexity index is 6890. The third-order valence-electron chi connectivity index (χ3n) is 23.9. The second-order valence-electron chi connectivity index (χ2n) is 29.3. The molecule has 498 valence electrons. The molecule has 0 bridgehead atoms. The smallest absolute Gasteiger partial charge is 0.160 e. The monoisotopic (exact) mass is 1370 g/mol. The molecule has 0 atom stereocenters. The molecule has 2 aromatic heterocycles. The maximum Gasteiger partial charge on any atom is 0.160 e. The van der Waals surface area contributed by atoms with Crippen molar-refractivity contribution in [2.45, 2.75) is 10.8 Å². The quantitative estimate of drug-likeness (QED) is 0.152. The van der Waals surface area contributed by atoms with Crippen molar-refractivity contribution >= 4 is 43.1 Å². The zero-order chi connectivity index (χ0) is 70.8. The fourth-order valence-corrected chi connectivity index (χ4v) is 19.3. The van der Waals surface area contributed by atoms with Gasteiger partial charge in [0.05, 0.1) is 33.6 Å². The molecule has 4 nitrogen and oxygen atoms in total. The average Bonchev–Trinajstić information content (AvgIpc) is 1.50. The van der Waals surface area contributed by atoms with Gasteiger partial charge in [0.15, 0.2) is 11.6 Å². The summed E-state index contributed by atoms with van der Waals surface area (Å²) in [6, 6.07) is 139. The zero-order valence-corrected chi connectivity index (χ0v) is 58.6. The second kappa shape index (κ2) is 23.2. The van der Waals surface area contributed by atoms with Crippen molar-refractivity contribution in [1.29, 1.82) is 0 Å². The number of aromatic nitrogens is 4. The van der Waals surface area contributed by atoms with Gasteiger partial charge in [-0.15, -0.1) is 0 Å². The average molecular weight is 1370 g/mol. The molecule has 2 heterocycles. The summed E-state index contributed by atoms with van der Waals surface area (Å²) in [4.78, 5) is 21.2. The van der Waals surface area contributed by atoms with Crippen LogP contribution in [0.5, 0.6) is 0 Å². The van der Waals surface area contributed by atoms with Crippen molar-refractivity contribution in [3.63, 3.8) is 0 Å². The lowest BCUT2D eigenvalue weighted by Crippen LogP contribution is -2.26. The molecule has 0 unspecified atom stereocenters. The van der Waals surface area contributed by atoms with Crippen LogP contribution in [0.15, 0.2) is 376 Å². The first-order valence-electron chi connectivity index (χ1n) is 37.3. The molecule has 17 aromatic carbocycles. The molecule has 108 heavy (non-hydrogen) atoms. The van der Waals surface area contributed by atoms with Crippen LogP contribution >= 0.6 is 0 Å². The van der Waals surface area contributed by atoms with E-state index in [2.05, 4.69) is 352 Å². The summed E-state index contributed by atoms with van der Waals surface area (Å²) in [5.74, 6) is 1.39. The van der Waals surface area contributed by atoms with Gasteiger partial charge < -0.3 is 0 Å². The van der Waals surface area contributed by atoms with Gasteiger partial charge in [0.25, 0.3) is 0 Å². The maximum atomic E-state index is 5.55. The Morgan fingerprint density at radius 2 is 0.500 bits per heavy atom. The van der Waals surface area contributed by atoms with Crippen molar-refractivity contribution in [3.05, 3.63) is 421 Å². The van der Waals surface area contributed by atoms with E-state index in [0.717, 1.165) is 83.8 Å². The van der Waals surface area contributed by atoms with E-state index in [9.17, 15) is 0 Å². The molecule has 4 heteroatoms. The molecule has 4 aliphatic rings. The van der Waals surface area contributed by atoms with Crippen LogP contribution in [0.3, 0.4) is 0 Å². The second-order valence-corrected chi connectivity index (χ2v) is 29.3. The summed E-state index contributed by atoms with van der Waals surface area (Å²) >= 11 is 0. The van der Waals surface area contributed by atoms with Gasteiger partial charge in [0.1, 0.15) is 0 Å². The van der Waals surface area contributed by atoms with E-state index in [-0.39, 0.29) is 0 Å². The van der Waals surface area contributed by atoms with Crippen LogP contribution in [0.4, 0.5) is 0 Å². The fraction of sp³-hybridized carbons (Fsp3) is 0.0192. The van der Waals surface area contributed by atoms with Gasteiger partial charge in [-0.3, -0.25) is 0 Å². The normalized spacial score (nSPS) is 13.3. The number of rotatable bonds is 8. The molecular weight excluding hydrogens is 1310 g/mol. The molecule has 23 rings (SSSR count). The molecule has 0 saturated heterocycles. The standard InChI is InChI=1S/C104H62N4/c1-4-22-65(23-5-1)93-61-95(106-101(105-93)68-26-8-3-9-27-68)67-41-39-63(40-42-67)70-44-51-79-73(57-70)45-53-86-98-78-50-43-71(58-72(78)49-56-92(98)104(99(79)86)89-37-18-14-33-83(89)84-34-15-19-38-90(84)104)69-28-20-29-75(59-69)96-62-94(66-24-6-2-7-25-66)107-102(108-96)76-47-52-80-74(60-76)46-54-85-97-77-30-11-10-21-64(77)48-55-91(97)103(100(80)85)87-35-16-12-31-81(87)82-32-13-17-36-88(82)103/h1-62H. The van der Waals surface area contributed by atoms with E-state index in [4.69, 9.17) is 19.9 Å². The van der Waals surface area contributed by atoms with Gasteiger partial charge >= 0.3 is 0 Å². The molecule has 0 amide bonds.